The molecule has 0 spiro atoms. The normalized spacial score (nSPS) is 12.6. The number of rotatable bonds is 46. The highest BCUT2D eigenvalue weighted by Gasteiger charge is 2.19. The highest BCUT2D eigenvalue weighted by atomic mass is 16.6. The number of ether oxygens (including phenoxy) is 3. The molecule has 350 valence electrons. The number of carbonyl (C=O) groups is 3. The first-order valence-electron chi connectivity index (χ1n) is 26.1. The number of hydrogen-bond donors (Lipinski definition) is 0. The molecule has 0 aromatic heterocycles. The number of unbranched alkanes of at least 4 members (excludes halogenated alkanes) is 28. The van der Waals surface area contributed by atoms with Crippen molar-refractivity contribution < 1.29 is 28.6 Å². The highest BCUT2D eigenvalue weighted by molar-refractivity contribution is 5.71. The average Bonchev–Trinajstić information content (AvgIpc) is 3.20. The van der Waals surface area contributed by atoms with Crippen LogP contribution in [0.2, 0.25) is 0 Å². The van der Waals surface area contributed by atoms with Crippen LogP contribution in [-0.2, 0) is 28.6 Å². The number of esters is 3. The Kier molecular flexibility index (Phi) is 43.3. The Morgan fingerprint density at radius 3 is 0.881 bits per heavy atom. The van der Waals surface area contributed by atoms with Gasteiger partial charge in [-0.3, -0.25) is 14.4 Å². The van der Waals surface area contributed by atoms with Crippen molar-refractivity contribution in [3.05, 3.63) is 0 Å². The van der Waals surface area contributed by atoms with Gasteiger partial charge in [0.25, 0.3) is 0 Å². The molecule has 0 aromatic rings. The largest absolute Gasteiger partial charge is 0.462 e. The monoisotopic (exact) mass is 835 g/mol. The summed E-state index contributed by atoms with van der Waals surface area (Å²) in [5.74, 6) is 1.62. The molecule has 0 fully saturated rings. The molecule has 0 amide bonds. The van der Waals surface area contributed by atoms with Gasteiger partial charge in [0.1, 0.15) is 13.2 Å². The van der Waals surface area contributed by atoms with Crippen molar-refractivity contribution in [2.45, 2.75) is 292 Å². The van der Waals surface area contributed by atoms with E-state index >= 15 is 0 Å². The number of hydrogen-bond acceptors (Lipinski definition) is 6. The fourth-order valence-corrected chi connectivity index (χ4v) is 7.91. The third-order valence-electron chi connectivity index (χ3n) is 12.3. The predicted octanol–water partition coefficient (Wildman–Crippen LogP) is 16.8. The molecule has 0 saturated heterocycles. The summed E-state index contributed by atoms with van der Waals surface area (Å²) in [5.41, 5.74) is 0. The van der Waals surface area contributed by atoms with Crippen molar-refractivity contribution in [2.24, 2.45) is 17.8 Å². The second-order valence-electron chi connectivity index (χ2n) is 19.4. The maximum atomic E-state index is 12.8. The SMILES string of the molecule is CCC(C)CCCCCCCCC(=O)OC[C@@H](COC(=O)CCCCCCCCCCCC(C)C)OC(=O)CCCCCCCCCCCCCCCCCCC(C)C. The van der Waals surface area contributed by atoms with Gasteiger partial charge in [0.2, 0.25) is 0 Å². The molecular formula is C53H102O6. The van der Waals surface area contributed by atoms with Crippen LogP contribution >= 0.6 is 0 Å². The average molecular weight is 835 g/mol. The van der Waals surface area contributed by atoms with E-state index in [-0.39, 0.29) is 31.1 Å². The van der Waals surface area contributed by atoms with E-state index < -0.39 is 6.10 Å². The van der Waals surface area contributed by atoms with Crippen LogP contribution in [-0.4, -0.2) is 37.2 Å². The molecule has 0 N–H and O–H groups in total. The molecule has 0 aliphatic rings. The molecule has 59 heavy (non-hydrogen) atoms. The van der Waals surface area contributed by atoms with E-state index in [9.17, 15) is 14.4 Å². The minimum atomic E-state index is -0.763. The second-order valence-corrected chi connectivity index (χ2v) is 19.4. The van der Waals surface area contributed by atoms with Crippen LogP contribution in [0.5, 0.6) is 0 Å². The fraction of sp³-hybridized carbons (Fsp3) is 0.943. The highest BCUT2D eigenvalue weighted by Crippen LogP contribution is 2.18. The lowest BCUT2D eigenvalue weighted by Crippen LogP contribution is -2.30. The van der Waals surface area contributed by atoms with Gasteiger partial charge in [-0.05, 0) is 37.0 Å². The van der Waals surface area contributed by atoms with Gasteiger partial charge >= 0.3 is 17.9 Å². The standard InChI is InChI=1S/C53H102O6/c1-7-49(6)41-35-29-25-26-31-37-43-52(55)58-46-50(45-57-51(54)42-36-30-23-20-16-18-22-28-34-40-48(4)5)59-53(56)44-38-32-24-19-15-13-11-9-8-10-12-14-17-21-27-33-39-47(2)3/h47-50H,7-46H2,1-6H3/t49?,50-/m1/s1. The van der Waals surface area contributed by atoms with E-state index in [1.807, 2.05) is 0 Å². The molecule has 6 nitrogen and oxygen atoms in total. The smallest absolute Gasteiger partial charge is 0.306 e. The molecule has 0 radical (unpaired) electrons. The third-order valence-corrected chi connectivity index (χ3v) is 12.3. The van der Waals surface area contributed by atoms with Gasteiger partial charge in [0.15, 0.2) is 6.10 Å². The van der Waals surface area contributed by atoms with E-state index in [1.54, 1.807) is 0 Å². The zero-order valence-corrected chi connectivity index (χ0v) is 40.5. The maximum Gasteiger partial charge on any atom is 0.306 e. The maximum absolute atomic E-state index is 12.8. The molecule has 0 heterocycles. The van der Waals surface area contributed by atoms with Crippen molar-refractivity contribution in [1.29, 1.82) is 0 Å². The Hall–Kier alpha value is -1.59. The van der Waals surface area contributed by atoms with E-state index in [0.29, 0.717) is 19.3 Å². The van der Waals surface area contributed by atoms with E-state index in [2.05, 4.69) is 41.5 Å². The summed E-state index contributed by atoms with van der Waals surface area (Å²) >= 11 is 0. The molecule has 0 aromatic carbocycles. The van der Waals surface area contributed by atoms with Gasteiger partial charge in [-0.1, -0.05) is 247 Å². The Bertz CT molecular complexity index is 916. The quantitative estimate of drug-likeness (QED) is 0.0345. The second kappa shape index (κ2) is 44.5. The topological polar surface area (TPSA) is 78.9 Å². The molecule has 0 rings (SSSR count). The minimum Gasteiger partial charge on any atom is -0.462 e. The molecule has 2 atom stereocenters. The summed E-state index contributed by atoms with van der Waals surface area (Å²) in [4.78, 5) is 37.9. The van der Waals surface area contributed by atoms with Crippen LogP contribution in [0.1, 0.15) is 286 Å². The van der Waals surface area contributed by atoms with Crippen LogP contribution in [0.25, 0.3) is 0 Å². The van der Waals surface area contributed by atoms with Crippen LogP contribution in [0.3, 0.4) is 0 Å². The Morgan fingerprint density at radius 2 is 0.593 bits per heavy atom. The van der Waals surface area contributed by atoms with Gasteiger partial charge in [-0.25, -0.2) is 0 Å². The molecule has 0 bridgehead atoms. The third kappa shape index (κ3) is 45.8. The summed E-state index contributed by atoms with van der Waals surface area (Å²) in [6, 6.07) is 0. The lowest BCUT2D eigenvalue weighted by Gasteiger charge is -2.18. The van der Waals surface area contributed by atoms with Crippen molar-refractivity contribution in [3.63, 3.8) is 0 Å². The van der Waals surface area contributed by atoms with Crippen molar-refractivity contribution >= 4 is 17.9 Å². The Morgan fingerprint density at radius 1 is 0.339 bits per heavy atom. The molecule has 0 aliphatic heterocycles. The van der Waals surface area contributed by atoms with Gasteiger partial charge < -0.3 is 14.2 Å². The first-order valence-corrected chi connectivity index (χ1v) is 26.1. The van der Waals surface area contributed by atoms with Crippen molar-refractivity contribution in [2.75, 3.05) is 13.2 Å². The summed E-state index contributed by atoms with van der Waals surface area (Å²) in [6.45, 7) is 13.7. The first-order chi connectivity index (χ1) is 28.6. The van der Waals surface area contributed by atoms with Gasteiger partial charge in [0.05, 0.1) is 0 Å². The van der Waals surface area contributed by atoms with E-state index in [1.165, 1.54) is 167 Å². The summed E-state index contributed by atoms with van der Waals surface area (Å²) in [7, 11) is 0. The van der Waals surface area contributed by atoms with E-state index in [4.69, 9.17) is 14.2 Å². The summed E-state index contributed by atoms with van der Waals surface area (Å²) in [5, 5.41) is 0. The first kappa shape index (κ1) is 57.4. The molecular weight excluding hydrogens is 733 g/mol. The van der Waals surface area contributed by atoms with Crippen molar-refractivity contribution in [3.8, 4) is 0 Å². The zero-order valence-electron chi connectivity index (χ0n) is 40.5. The van der Waals surface area contributed by atoms with Crippen LogP contribution < -0.4 is 0 Å². The van der Waals surface area contributed by atoms with E-state index in [0.717, 1.165) is 75.5 Å². The lowest BCUT2D eigenvalue weighted by atomic mass is 10.00. The van der Waals surface area contributed by atoms with Crippen LogP contribution in [0.4, 0.5) is 0 Å². The molecule has 6 heteroatoms. The van der Waals surface area contributed by atoms with Crippen molar-refractivity contribution in [1.82, 2.24) is 0 Å². The molecule has 1 unspecified atom stereocenters. The van der Waals surface area contributed by atoms with Crippen LogP contribution in [0.15, 0.2) is 0 Å². The fourth-order valence-electron chi connectivity index (χ4n) is 7.91. The predicted molar refractivity (Wildman–Crippen MR) is 252 cm³/mol. The summed E-state index contributed by atoms with van der Waals surface area (Å²) in [6.07, 6.45) is 43.8. The Labute approximate surface area is 368 Å². The molecule has 0 aliphatic carbocycles. The van der Waals surface area contributed by atoms with Gasteiger partial charge in [-0.15, -0.1) is 0 Å². The number of carbonyl (C=O) groups excluding carboxylic acids is 3. The zero-order chi connectivity index (χ0) is 43.4. The summed E-state index contributed by atoms with van der Waals surface area (Å²) < 4.78 is 16.8. The lowest BCUT2D eigenvalue weighted by molar-refractivity contribution is -0.167. The molecule has 0 saturated carbocycles. The van der Waals surface area contributed by atoms with Gasteiger partial charge in [-0.2, -0.15) is 0 Å². The Balaban J connectivity index is 4.27. The van der Waals surface area contributed by atoms with Gasteiger partial charge in [0, 0.05) is 19.3 Å². The van der Waals surface area contributed by atoms with Crippen LogP contribution in [0, 0.1) is 17.8 Å². The minimum absolute atomic E-state index is 0.0656.